The van der Waals surface area contributed by atoms with Crippen molar-refractivity contribution in [1.29, 1.82) is 0 Å². The van der Waals surface area contributed by atoms with Gasteiger partial charge in [-0.2, -0.15) is 0 Å². The highest BCUT2D eigenvalue weighted by molar-refractivity contribution is 5.78. The van der Waals surface area contributed by atoms with Crippen molar-refractivity contribution in [2.45, 2.75) is 40.1 Å². The predicted molar refractivity (Wildman–Crippen MR) is 129 cm³/mol. The molecule has 1 unspecified atom stereocenters. The van der Waals surface area contributed by atoms with Crippen LogP contribution in [0.5, 0.6) is 5.75 Å². The van der Waals surface area contributed by atoms with Crippen molar-refractivity contribution < 1.29 is 17.9 Å². The van der Waals surface area contributed by atoms with Gasteiger partial charge in [-0.3, -0.25) is 4.99 Å². The molecule has 0 saturated carbocycles. The van der Waals surface area contributed by atoms with Gasteiger partial charge in [0.05, 0.1) is 0 Å². The first-order valence-corrected chi connectivity index (χ1v) is 9.76. The Kier molecular flexibility index (Phi) is 13.0. The SMILES string of the molecule is C#C\C=C/C=C(C)/C=C(/C)C=NC.C=C(C)C(=C)NC(C)c1cccc(OC(F)(F)F)c1. The molecule has 0 saturated heterocycles. The second kappa shape index (κ2) is 14.5. The van der Waals surface area contributed by atoms with Crippen LogP contribution in [0.1, 0.15) is 39.3 Å². The average molecular weight is 445 g/mol. The van der Waals surface area contributed by atoms with Crippen molar-refractivity contribution in [3.8, 4) is 18.1 Å². The zero-order valence-electron chi connectivity index (χ0n) is 19.3. The van der Waals surface area contributed by atoms with Gasteiger partial charge in [0, 0.05) is 25.0 Å². The van der Waals surface area contributed by atoms with E-state index < -0.39 is 6.36 Å². The molecule has 0 fully saturated rings. The van der Waals surface area contributed by atoms with E-state index in [4.69, 9.17) is 6.42 Å². The molecule has 0 heterocycles. The lowest BCUT2D eigenvalue weighted by Crippen LogP contribution is -2.19. The molecule has 1 aromatic carbocycles. The molecule has 1 aromatic rings. The minimum Gasteiger partial charge on any atom is -0.406 e. The fourth-order valence-corrected chi connectivity index (χ4v) is 2.35. The number of allylic oxidation sites excluding steroid dienone is 7. The van der Waals surface area contributed by atoms with Crippen molar-refractivity contribution in [2.75, 3.05) is 7.05 Å². The van der Waals surface area contributed by atoms with Gasteiger partial charge in [-0.25, -0.2) is 0 Å². The standard InChI is InChI=1S/C14H16F3NO.C12H15N/c1-9(2)10(3)18-11(4)12-6-5-7-13(8-12)19-14(15,16)17;1-5-6-7-8-11(2)9-12(3)10-13-4/h5-8,11,18H,1,3H2,2,4H3;1,6-10H,2-4H3/b;7-6-,11-8+,12-9-,13-10?. The second-order valence-corrected chi connectivity index (χ2v) is 6.96. The van der Waals surface area contributed by atoms with Crippen LogP contribution in [-0.4, -0.2) is 19.6 Å². The van der Waals surface area contributed by atoms with Gasteiger partial charge < -0.3 is 10.1 Å². The van der Waals surface area contributed by atoms with Crippen LogP contribution in [0.2, 0.25) is 0 Å². The van der Waals surface area contributed by atoms with Crippen LogP contribution in [0.3, 0.4) is 0 Å². The fourth-order valence-electron chi connectivity index (χ4n) is 2.35. The third kappa shape index (κ3) is 13.7. The van der Waals surface area contributed by atoms with Gasteiger partial charge >= 0.3 is 6.36 Å². The Morgan fingerprint density at radius 3 is 2.41 bits per heavy atom. The van der Waals surface area contributed by atoms with Crippen LogP contribution >= 0.6 is 0 Å². The number of terminal acetylenes is 1. The smallest absolute Gasteiger partial charge is 0.406 e. The second-order valence-electron chi connectivity index (χ2n) is 6.96. The van der Waals surface area contributed by atoms with E-state index in [2.05, 4.69) is 34.1 Å². The third-order valence-corrected chi connectivity index (χ3v) is 3.84. The first-order valence-electron chi connectivity index (χ1n) is 9.76. The molecular formula is C26H31F3N2O. The molecule has 0 aliphatic heterocycles. The molecule has 0 aliphatic carbocycles. The summed E-state index contributed by atoms with van der Waals surface area (Å²) in [5.41, 5.74) is 4.38. The highest BCUT2D eigenvalue weighted by atomic mass is 19.4. The number of rotatable bonds is 8. The van der Waals surface area contributed by atoms with E-state index in [1.807, 2.05) is 45.2 Å². The van der Waals surface area contributed by atoms with Crippen LogP contribution in [0.25, 0.3) is 0 Å². The van der Waals surface area contributed by atoms with Gasteiger partial charge in [-0.1, -0.05) is 55.0 Å². The molecule has 32 heavy (non-hydrogen) atoms. The first-order chi connectivity index (χ1) is 14.9. The van der Waals surface area contributed by atoms with E-state index in [1.165, 1.54) is 18.2 Å². The van der Waals surface area contributed by atoms with E-state index >= 15 is 0 Å². The number of halogens is 3. The molecule has 0 bridgehead atoms. The quantitative estimate of drug-likeness (QED) is 0.264. The average Bonchev–Trinajstić information content (AvgIpc) is 2.67. The molecule has 0 radical (unpaired) electrons. The summed E-state index contributed by atoms with van der Waals surface area (Å²) in [5.74, 6) is 2.19. The van der Waals surface area contributed by atoms with Crippen LogP contribution in [-0.2, 0) is 0 Å². The molecule has 0 amide bonds. The van der Waals surface area contributed by atoms with Crippen molar-refractivity contribution in [1.82, 2.24) is 5.32 Å². The van der Waals surface area contributed by atoms with Crippen molar-refractivity contribution in [2.24, 2.45) is 4.99 Å². The monoisotopic (exact) mass is 444 g/mol. The molecule has 3 nitrogen and oxygen atoms in total. The van der Waals surface area contributed by atoms with Crippen molar-refractivity contribution >= 4 is 6.21 Å². The number of aliphatic imine (C=N–C) groups is 1. The molecule has 1 rings (SSSR count). The topological polar surface area (TPSA) is 33.6 Å². The lowest BCUT2D eigenvalue weighted by atomic mass is 10.1. The summed E-state index contributed by atoms with van der Waals surface area (Å²) in [4.78, 5) is 3.91. The summed E-state index contributed by atoms with van der Waals surface area (Å²) in [6.07, 6.45) is 9.73. The summed E-state index contributed by atoms with van der Waals surface area (Å²) in [7, 11) is 1.76. The van der Waals surface area contributed by atoms with Crippen LogP contribution in [0, 0.1) is 12.3 Å². The third-order valence-electron chi connectivity index (χ3n) is 3.84. The predicted octanol–water partition coefficient (Wildman–Crippen LogP) is 7.09. The highest BCUT2D eigenvalue weighted by Crippen LogP contribution is 2.26. The number of nitrogens with zero attached hydrogens (tertiary/aromatic N) is 1. The van der Waals surface area contributed by atoms with E-state index in [9.17, 15) is 13.2 Å². The molecule has 0 aliphatic rings. The van der Waals surface area contributed by atoms with Crippen LogP contribution in [0.4, 0.5) is 13.2 Å². The zero-order chi connectivity index (χ0) is 24.7. The lowest BCUT2D eigenvalue weighted by Gasteiger charge is -2.18. The summed E-state index contributed by atoms with van der Waals surface area (Å²) in [6.45, 7) is 15.2. The summed E-state index contributed by atoms with van der Waals surface area (Å²) < 4.78 is 40.3. The van der Waals surface area contributed by atoms with Crippen LogP contribution < -0.4 is 10.1 Å². The van der Waals surface area contributed by atoms with E-state index in [-0.39, 0.29) is 11.8 Å². The number of nitrogens with one attached hydrogen (secondary N) is 1. The minimum atomic E-state index is -4.68. The zero-order valence-corrected chi connectivity index (χ0v) is 19.3. The Hall–Kier alpha value is -3.46. The maximum atomic E-state index is 12.1. The number of hydrogen-bond donors (Lipinski definition) is 1. The summed E-state index contributed by atoms with van der Waals surface area (Å²) in [6, 6.07) is 5.64. The Morgan fingerprint density at radius 2 is 1.88 bits per heavy atom. The van der Waals surface area contributed by atoms with Gasteiger partial charge in [-0.15, -0.1) is 19.6 Å². The van der Waals surface area contributed by atoms with E-state index in [1.54, 1.807) is 26.1 Å². The molecule has 1 N–H and O–H groups in total. The van der Waals surface area contributed by atoms with Crippen LogP contribution in [0.15, 0.2) is 89.1 Å². The van der Waals surface area contributed by atoms with Crippen molar-refractivity contribution in [3.05, 3.63) is 89.7 Å². The largest absolute Gasteiger partial charge is 0.573 e. The summed E-state index contributed by atoms with van der Waals surface area (Å²) >= 11 is 0. The number of ether oxygens (including phenoxy) is 1. The highest BCUT2D eigenvalue weighted by Gasteiger charge is 2.31. The summed E-state index contributed by atoms with van der Waals surface area (Å²) in [5, 5.41) is 3.05. The number of benzene rings is 1. The van der Waals surface area contributed by atoms with Gasteiger partial charge in [-0.05, 0) is 62.6 Å². The van der Waals surface area contributed by atoms with Gasteiger partial charge in [0.25, 0.3) is 0 Å². The van der Waals surface area contributed by atoms with Gasteiger partial charge in [0.1, 0.15) is 5.75 Å². The van der Waals surface area contributed by atoms with Crippen molar-refractivity contribution in [3.63, 3.8) is 0 Å². The Morgan fingerprint density at radius 1 is 1.22 bits per heavy atom. The van der Waals surface area contributed by atoms with Gasteiger partial charge in [0.15, 0.2) is 0 Å². The van der Waals surface area contributed by atoms with Gasteiger partial charge in [0.2, 0.25) is 0 Å². The Labute approximate surface area is 189 Å². The fraction of sp³-hybridized carbons (Fsp3) is 0.269. The molecule has 1 atom stereocenters. The maximum Gasteiger partial charge on any atom is 0.573 e. The Balaban J connectivity index is 0.000000649. The molecule has 0 aromatic heterocycles. The molecule has 172 valence electrons. The Bertz CT molecular complexity index is 929. The first kappa shape index (κ1) is 28.5. The minimum absolute atomic E-state index is 0.194. The lowest BCUT2D eigenvalue weighted by molar-refractivity contribution is -0.274. The maximum absolute atomic E-state index is 12.1. The molecule has 0 spiro atoms. The van der Waals surface area contributed by atoms with E-state index in [0.717, 1.165) is 16.7 Å². The number of alkyl halides is 3. The number of hydrogen-bond acceptors (Lipinski definition) is 3. The normalized spacial score (nSPS) is 13.2. The molecule has 6 heteroatoms. The van der Waals surface area contributed by atoms with E-state index in [0.29, 0.717) is 11.3 Å². The molecular weight excluding hydrogens is 413 g/mol.